The average molecular weight is 255 g/mol. The van der Waals surface area contributed by atoms with Crippen LogP contribution in [0.25, 0.3) is 0 Å². The highest BCUT2D eigenvalue weighted by molar-refractivity contribution is 6.02. The van der Waals surface area contributed by atoms with Gasteiger partial charge in [-0.1, -0.05) is 30.3 Å². The molecule has 0 saturated heterocycles. The summed E-state index contributed by atoms with van der Waals surface area (Å²) in [6, 6.07) is 15.2. The fourth-order valence-electron chi connectivity index (χ4n) is 1.98. The number of benzene rings is 2. The second kappa shape index (κ2) is 6.05. The van der Waals surface area contributed by atoms with Crippen LogP contribution in [-0.2, 0) is 6.42 Å². The Morgan fingerprint density at radius 2 is 1.89 bits per heavy atom. The summed E-state index contributed by atoms with van der Waals surface area (Å²) in [7, 11) is 3.40. The van der Waals surface area contributed by atoms with Crippen molar-refractivity contribution in [2.24, 2.45) is 0 Å². The number of ketones is 1. The fraction of sp³-hybridized carbons (Fsp3) is 0.188. The second-order valence-electron chi connectivity index (χ2n) is 4.25. The van der Waals surface area contributed by atoms with E-state index >= 15 is 0 Å². The molecule has 3 nitrogen and oxygen atoms in total. The van der Waals surface area contributed by atoms with Gasteiger partial charge in [0.2, 0.25) is 0 Å². The Morgan fingerprint density at radius 3 is 2.53 bits per heavy atom. The number of nitrogens with one attached hydrogen (secondary N) is 1. The van der Waals surface area contributed by atoms with Crippen LogP contribution in [0, 0.1) is 0 Å². The Labute approximate surface area is 113 Å². The molecule has 2 aromatic carbocycles. The largest absolute Gasteiger partial charge is 0.497 e. The van der Waals surface area contributed by atoms with Crippen molar-refractivity contribution in [1.29, 1.82) is 0 Å². The third-order valence-corrected chi connectivity index (χ3v) is 3.00. The maximum absolute atomic E-state index is 12.4. The summed E-state index contributed by atoms with van der Waals surface area (Å²) in [6.07, 6.45) is 0.392. The molecular weight excluding hydrogens is 238 g/mol. The lowest BCUT2D eigenvalue weighted by Gasteiger charge is -2.10. The zero-order chi connectivity index (χ0) is 13.7. The number of anilines is 1. The molecule has 2 aromatic rings. The summed E-state index contributed by atoms with van der Waals surface area (Å²) in [5.74, 6) is 0.768. The number of carbonyl (C=O) groups excluding carboxylic acids is 1. The predicted octanol–water partition coefficient (Wildman–Crippen LogP) is 3.16. The van der Waals surface area contributed by atoms with Gasteiger partial charge in [-0.15, -0.1) is 0 Å². The van der Waals surface area contributed by atoms with Crippen molar-refractivity contribution in [3.8, 4) is 5.75 Å². The van der Waals surface area contributed by atoms with E-state index in [9.17, 15) is 4.79 Å². The minimum Gasteiger partial charge on any atom is -0.497 e. The highest BCUT2D eigenvalue weighted by Gasteiger charge is 2.12. The highest BCUT2D eigenvalue weighted by atomic mass is 16.5. The number of hydrogen-bond acceptors (Lipinski definition) is 3. The lowest BCUT2D eigenvalue weighted by Crippen LogP contribution is -2.07. The third kappa shape index (κ3) is 3.13. The van der Waals surface area contributed by atoms with E-state index in [1.807, 2.05) is 42.5 Å². The number of methoxy groups -OCH3 is 1. The van der Waals surface area contributed by atoms with E-state index in [2.05, 4.69) is 5.32 Å². The number of Topliss-reactive ketones (excluding diaryl/α,β-unsaturated/α-hetero) is 1. The molecule has 0 aliphatic rings. The molecular formula is C16H17NO2. The van der Waals surface area contributed by atoms with Crippen molar-refractivity contribution in [3.05, 3.63) is 59.7 Å². The molecule has 0 heterocycles. The van der Waals surface area contributed by atoms with E-state index in [4.69, 9.17) is 4.74 Å². The number of carbonyl (C=O) groups is 1. The van der Waals surface area contributed by atoms with Gasteiger partial charge < -0.3 is 10.1 Å². The standard InChI is InChI=1S/C16H17NO2/c1-17-15-9-8-13(19-2)11-14(15)16(18)10-12-6-4-3-5-7-12/h3-9,11,17H,10H2,1-2H3. The quantitative estimate of drug-likeness (QED) is 0.834. The summed E-state index contributed by atoms with van der Waals surface area (Å²) < 4.78 is 5.17. The molecule has 0 bridgehead atoms. The summed E-state index contributed by atoms with van der Waals surface area (Å²) in [5, 5.41) is 3.04. The molecule has 0 unspecified atom stereocenters. The Bertz CT molecular complexity index is 564. The molecule has 1 N–H and O–H groups in total. The topological polar surface area (TPSA) is 38.3 Å². The molecule has 0 aliphatic heterocycles. The van der Waals surface area contributed by atoms with Gasteiger partial charge in [0.05, 0.1) is 7.11 Å². The van der Waals surface area contributed by atoms with Gasteiger partial charge in [0.15, 0.2) is 5.78 Å². The molecule has 19 heavy (non-hydrogen) atoms. The van der Waals surface area contributed by atoms with Gasteiger partial charge in [-0.3, -0.25) is 4.79 Å². The minimum absolute atomic E-state index is 0.0782. The molecule has 0 radical (unpaired) electrons. The lowest BCUT2D eigenvalue weighted by molar-refractivity contribution is 0.0993. The van der Waals surface area contributed by atoms with Crippen molar-refractivity contribution in [2.75, 3.05) is 19.5 Å². The zero-order valence-corrected chi connectivity index (χ0v) is 11.1. The molecule has 0 saturated carbocycles. The van der Waals surface area contributed by atoms with Crippen LogP contribution in [0.15, 0.2) is 48.5 Å². The number of ether oxygens (including phenoxy) is 1. The summed E-state index contributed by atoms with van der Waals surface area (Å²) in [6.45, 7) is 0. The van der Waals surface area contributed by atoms with Crippen LogP contribution >= 0.6 is 0 Å². The molecule has 0 atom stereocenters. The van der Waals surface area contributed by atoms with Crippen molar-refractivity contribution < 1.29 is 9.53 Å². The van der Waals surface area contributed by atoms with Crippen LogP contribution in [-0.4, -0.2) is 19.9 Å². The smallest absolute Gasteiger partial charge is 0.169 e. The fourth-order valence-corrected chi connectivity index (χ4v) is 1.98. The Kier molecular flexibility index (Phi) is 4.18. The molecule has 3 heteroatoms. The van der Waals surface area contributed by atoms with Crippen LogP contribution in [0.4, 0.5) is 5.69 Å². The van der Waals surface area contributed by atoms with Crippen molar-refractivity contribution in [2.45, 2.75) is 6.42 Å². The molecule has 2 rings (SSSR count). The van der Waals surface area contributed by atoms with Crippen LogP contribution < -0.4 is 10.1 Å². The molecule has 0 aliphatic carbocycles. The summed E-state index contributed by atoms with van der Waals surface area (Å²) >= 11 is 0. The van der Waals surface area contributed by atoms with E-state index in [0.717, 1.165) is 11.3 Å². The van der Waals surface area contributed by atoms with Gasteiger partial charge in [0.25, 0.3) is 0 Å². The molecule has 98 valence electrons. The van der Waals surface area contributed by atoms with Crippen LogP contribution in [0.2, 0.25) is 0 Å². The van der Waals surface area contributed by atoms with Gasteiger partial charge in [0, 0.05) is 24.7 Å². The second-order valence-corrected chi connectivity index (χ2v) is 4.25. The van der Waals surface area contributed by atoms with Crippen molar-refractivity contribution in [3.63, 3.8) is 0 Å². The zero-order valence-electron chi connectivity index (χ0n) is 11.1. The first-order chi connectivity index (χ1) is 9.24. The van der Waals surface area contributed by atoms with Gasteiger partial charge in [-0.2, -0.15) is 0 Å². The van der Waals surface area contributed by atoms with E-state index in [0.29, 0.717) is 17.7 Å². The van der Waals surface area contributed by atoms with E-state index in [1.165, 1.54) is 0 Å². The molecule has 0 fully saturated rings. The number of rotatable bonds is 5. The van der Waals surface area contributed by atoms with Crippen LogP contribution in [0.5, 0.6) is 5.75 Å². The predicted molar refractivity (Wildman–Crippen MR) is 77.0 cm³/mol. The normalized spacial score (nSPS) is 10.0. The minimum atomic E-state index is 0.0782. The monoisotopic (exact) mass is 255 g/mol. The van der Waals surface area contributed by atoms with Crippen molar-refractivity contribution in [1.82, 2.24) is 0 Å². The first kappa shape index (κ1) is 13.1. The highest BCUT2D eigenvalue weighted by Crippen LogP contribution is 2.23. The van der Waals surface area contributed by atoms with Gasteiger partial charge in [-0.25, -0.2) is 0 Å². The van der Waals surface area contributed by atoms with Crippen LogP contribution in [0.3, 0.4) is 0 Å². The third-order valence-electron chi connectivity index (χ3n) is 3.00. The van der Waals surface area contributed by atoms with Gasteiger partial charge >= 0.3 is 0 Å². The average Bonchev–Trinajstić information content (AvgIpc) is 2.47. The molecule has 0 amide bonds. The molecule has 0 aromatic heterocycles. The SMILES string of the molecule is CNc1ccc(OC)cc1C(=O)Cc1ccccc1. The van der Waals surface area contributed by atoms with Crippen LogP contribution in [0.1, 0.15) is 15.9 Å². The first-order valence-electron chi connectivity index (χ1n) is 6.17. The summed E-state index contributed by atoms with van der Waals surface area (Å²) in [5.41, 5.74) is 2.49. The number of hydrogen-bond donors (Lipinski definition) is 1. The lowest BCUT2D eigenvalue weighted by atomic mass is 10.0. The Morgan fingerprint density at radius 1 is 1.16 bits per heavy atom. The molecule has 0 spiro atoms. The van der Waals surface area contributed by atoms with E-state index in [1.54, 1.807) is 20.2 Å². The van der Waals surface area contributed by atoms with Gasteiger partial charge in [-0.05, 0) is 23.8 Å². The van der Waals surface area contributed by atoms with E-state index < -0.39 is 0 Å². The van der Waals surface area contributed by atoms with Gasteiger partial charge in [0.1, 0.15) is 5.75 Å². The Hall–Kier alpha value is -2.29. The first-order valence-corrected chi connectivity index (χ1v) is 6.17. The maximum Gasteiger partial charge on any atom is 0.169 e. The van der Waals surface area contributed by atoms with Crippen molar-refractivity contribution >= 4 is 11.5 Å². The Balaban J connectivity index is 2.27. The van der Waals surface area contributed by atoms with E-state index in [-0.39, 0.29) is 5.78 Å². The summed E-state index contributed by atoms with van der Waals surface area (Å²) in [4.78, 5) is 12.4. The maximum atomic E-state index is 12.4.